The first kappa shape index (κ1) is 25.1. The lowest BCUT2D eigenvalue weighted by atomic mass is 10.1. The molecule has 0 spiro atoms. The Morgan fingerprint density at radius 3 is 2.18 bits per heavy atom. The standard InChI is InChI=1S/C26H30N2O5S/c1-6-20-9-7-8-10-23(20)27-26(29)17-28(21-14-18(2)13-19(3)15-21)34(30,31)22-11-12-24(32-4)25(16-22)33-5/h7-16H,6,17H2,1-5H3,(H,27,29). The normalized spacial score (nSPS) is 11.1. The van der Waals surface area contributed by atoms with Crippen molar-refractivity contribution in [3.63, 3.8) is 0 Å². The summed E-state index contributed by atoms with van der Waals surface area (Å²) in [5.41, 5.74) is 3.82. The highest BCUT2D eigenvalue weighted by Crippen LogP contribution is 2.32. The molecule has 0 aliphatic rings. The van der Waals surface area contributed by atoms with Crippen LogP contribution in [0.1, 0.15) is 23.6 Å². The molecule has 0 atom stereocenters. The maximum Gasteiger partial charge on any atom is 0.264 e. The Morgan fingerprint density at radius 1 is 0.912 bits per heavy atom. The molecule has 0 saturated carbocycles. The third kappa shape index (κ3) is 5.51. The zero-order chi connectivity index (χ0) is 24.9. The first-order valence-electron chi connectivity index (χ1n) is 10.9. The number of carbonyl (C=O) groups is 1. The third-order valence-corrected chi connectivity index (χ3v) is 7.17. The predicted molar refractivity (Wildman–Crippen MR) is 134 cm³/mol. The van der Waals surface area contributed by atoms with E-state index >= 15 is 0 Å². The zero-order valence-corrected chi connectivity index (χ0v) is 20.9. The molecular formula is C26H30N2O5S. The Hall–Kier alpha value is -3.52. The number of anilines is 2. The van der Waals surface area contributed by atoms with E-state index in [-0.39, 0.29) is 10.6 Å². The average Bonchev–Trinajstić information content (AvgIpc) is 2.81. The van der Waals surface area contributed by atoms with Crippen molar-refractivity contribution < 1.29 is 22.7 Å². The van der Waals surface area contributed by atoms with E-state index < -0.39 is 22.5 Å². The first-order chi connectivity index (χ1) is 16.2. The van der Waals surface area contributed by atoms with Gasteiger partial charge in [-0.3, -0.25) is 9.10 Å². The number of carbonyl (C=O) groups excluding carboxylic acids is 1. The number of hydrogen-bond donors (Lipinski definition) is 1. The quantitative estimate of drug-likeness (QED) is 0.477. The van der Waals surface area contributed by atoms with Crippen molar-refractivity contribution in [2.24, 2.45) is 0 Å². The molecule has 3 aromatic rings. The van der Waals surface area contributed by atoms with Crippen LogP contribution in [0.25, 0.3) is 0 Å². The molecule has 1 amide bonds. The molecule has 180 valence electrons. The van der Waals surface area contributed by atoms with Crippen LogP contribution in [0.2, 0.25) is 0 Å². The predicted octanol–water partition coefficient (Wildman–Crippen LogP) is 4.72. The number of amides is 1. The molecule has 7 nitrogen and oxygen atoms in total. The van der Waals surface area contributed by atoms with Crippen molar-refractivity contribution in [1.82, 2.24) is 0 Å². The topological polar surface area (TPSA) is 84.9 Å². The number of nitrogens with one attached hydrogen (secondary N) is 1. The van der Waals surface area contributed by atoms with Crippen LogP contribution >= 0.6 is 0 Å². The second kappa shape index (κ2) is 10.6. The van der Waals surface area contributed by atoms with E-state index in [1.54, 1.807) is 18.2 Å². The second-order valence-electron chi connectivity index (χ2n) is 7.93. The monoisotopic (exact) mass is 482 g/mol. The van der Waals surface area contributed by atoms with E-state index in [4.69, 9.17) is 9.47 Å². The summed E-state index contributed by atoms with van der Waals surface area (Å²) in [6.45, 7) is 5.37. The highest BCUT2D eigenvalue weighted by atomic mass is 32.2. The molecular weight excluding hydrogens is 452 g/mol. The molecule has 0 aromatic heterocycles. The van der Waals surface area contributed by atoms with Gasteiger partial charge >= 0.3 is 0 Å². The van der Waals surface area contributed by atoms with Gasteiger partial charge in [-0.05, 0) is 67.3 Å². The number of sulfonamides is 1. The molecule has 0 radical (unpaired) electrons. The van der Waals surface area contributed by atoms with Crippen LogP contribution in [0, 0.1) is 13.8 Å². The van der Waals surface area contributed by atoms with Crippen LogP contribution < -0.4 is 19.1 Å². The lowest BCUT2D eigenvalue weighted by Crippen LogP contribution is -2.38. The van der Waals surface area contributed by atoms with Crippen LogP contribution in [0.4, 0.5) is 11.4 Å². The van der Waals surface area contributed by atoms with Gasteiger partial charge in [-0.2, -0.15) is 0 Å². The number of hydrogen-bond acceptors (Lipinski definition) is 5. The summed E-state index contributed by atoms with van der Waals surface area (Å²) < 4.78 is 39.2. The van der Waals surface area contributed by atoms with Gasteiger partial charge in [0.25, 0.3) is 10.0 Å². The molecule has 0 aliphatic carbocycles. The Labute approximate surface area is 201 Å². The maximum absolute atomic E-state index is 13.8. The minimum atomic E-state index is -4.11. The molecule has 3 aromatic carbocycles. The van der Waals surface area contributed by atoms with Gasteiger partial charge in [0.05, 0.1) is 24.8 Å². The van der Waals surface area contributed by atoms with Gasteiger partial charge in [0.1, 0.15) is 6.54 Å². The lowest BCUT2D eigenvalue weighted by molar-refractivity contribution is -0.114. The lowest BCUT2D eigenvalue weighted by Gasteiger charge is -2.25. The third-order valence-electron chi connectivity index (χ3n) is 5.40. The summed E-state index contributed by atoms with van der Waals surface area (Å²) in [4.78, 5) is 13.1. The van der Waals surface area contributed by atoms with Crippen LogP contribution in [0.15, 0.2) is 65.6 Å². The van der Waals surface area contributed by atoms with Crippen molar-refractivity contribution in [2.45, 2.75) is 32.1 Å². The fourth-order valence-electron chi connectivity index (χ4n) is 3.78. The fourth-order valence-corrected chi connectivity index (χ4v) is 5.21. The summed E-state index contributed by atoms with van der Waals surface area (Å²) in [6.07, 6.45) is 0.737. The van der Waals surface area contributed by atoms with Crippen LogP contribution in [0.3, 0.4) is 0 Å². The number of para-hydroxylation sites is 1. The smallest absolute Gasteiger partial charge is 0.264 e. The van der Waals surface area contributed by atoms with Gasteiger partial charge in [0.15, 0.2) is 11.5 Å². The molecule has 0 heterocycles. The minimum absolute atomic E-state index is 0.00827. The number of ether oxygens (including phenoxy) is 2. The highest BCUT2D eigenvalue weighted by molar-refractivity contribution is 7.92. The summed E-state index contributed by atoms with van der Waals surface area (Å²) in [5, 5.41) is 2.87. The summed E-state index contributed by atoms with van der Waals surface area (Å²) in [6, 6.07) is 17.3. The number of aryl methyl sites for hydroxylation is 3. The van der Waals surface area contributed by atoms with Crippen molar-refractivity contribution in [2.75, 3.05) is 30.4 Å². The van der Waals surface area contributed by atoms with Crippen molar-refractivity contribution in [1.29, 1.82) is 0 Å². The van der Waals surface area contributed by atoms with E-state index in [1.165, 1.54) is 32.4 Å². The average molecular weight is 483 g/mol. The van der Waals surface area contributed by atoms with Gasteiger partial charge in [-0.15, -0.1) is 0 Å². The van der Waals surface area contributed by atoms with E-state index in [1.807, 2.05) is 45.0 Å². The van der Waals surface area contributed by atoms with Gasteiger partial charge < -0.3 is 14.8 Å². The van der Waals surface area contributed by atoms with E-state index in [9.17, 15) is 13.2 Å². The van der Waals surface area contributed by atoms with E-state index in [0.29, 0.717) is 17.1 Å². The van der Waals surface area contributed by atoms with Crippen molar-refractivity contribution >= 4 is 27.3 Å². The number of benzene rings is 3. The molecule has 1 N–H and O–H groups in total. The van der Waals surface area contributed by atoms with Gasteiger partial charge in [-0.1, -0.05) is 31.2 Å². The highest BCUT2D eigenvalue weighted by Gasteiger charge is 2.29. The SMILES string of the molecule is CCc1ccccc1NC(=O)CN(c1cc(C)cc(C)c1)S(=O)(=O)c1ccc(OC)c(OC)c1. The molecule has 0 bridgehead atoms. The van der Waals surface area contributed by atoms with Crippen molar-refractivity contribution in [3.8, 4) is 11.5 Å². The van der Waals surface area contributed by atoms with Crippen molar-refractivity contribution in [3.05, 3.63) is 77.4 Å². The van der Waals surface area contributed by atoms with Gasteiger partial charge in [0.2, 0.25) is 5.91 Å². The summed E-state index contributed by atoms with van der Waals surface area (Å²) >= 11 is 0. The first-order valence-corrected chi connectivity index (χ1v) is 12.3. The summed E-state index contributed by atoms with van der Waals surface area (Å²) in [5.74, 6) is 0.252. The molecule has 0 aliphatic heterocycles. The van der Waals surface area contributed by atoms with E-state index in [0.717, 1.165) is 27.4 Å². The molecule has 0 fully saturated rings. The fraction of sp³-hybridized carbons (Fsp3) is 0.269. The Morgan fingerprint density at radius 2 is 1.56 bits per heavy atom. The van der Waals surface area contributed by atoms with Crippen LogP contribution in [-0.2, 0) is 21.2 Å². The molecule has 0 saturated heterocycles. The zero-order valence-electron chi connectivity index (χ0n) is 20.1. The van der Waals surface area contributed by atoms with Crippen LogP contribution in [-0.4, -0.2) is 35.1 Å². The molecule has 3 rings (SSSR count). The second-order valence-corrected chi connectivity index (χ2v) is 9.80. The number of nitrogens with zero attached hydrogens (tertiary/aromatic N) is 1. The number of rotatable bonds is 9. The minimum Gasteiger partial charge on any atom is -0.493 e. The Kier molecular flexibility index (Phi) is 7.83. The largest absolute Gasteiger partial charge is 0.493 e. The van der Waals surface area contributed by atoms with Crippen LogP contribution in [0.5, 0.6) is 11.5 Å². The number of methoxy groups -OCH3 is 2. The summed E-state index contributed by atoms with van der Waals surface area (Å²) in [7, 11) is -1.19. The van der Waals surface area contributed by atoms with Gasteiger partial charge in [0, 0.05) is 11.8 Å². The van der Waals surface area contributed by atoms with E-state index in [2.05, 4.69) is 5.32 Å². The molecule has 8 heteroatoms. The Balaban J connectivity index is 2.04. The maximum atomic E-state index is 13.8. The molecule has 34 heavy (non-hydrogen) atoms. The molecule has 0 unspecified atom stereocenters. The van der Waals surface area contributed by atoms with Gasteiger partial charge in [-0.25, -0.2) is 8.42 Å². The Bertz CT molecular complexity index is 1270.